The van der Waals surface area contributed by atoms with Crippen LogP contribution in [0.15, 0.2) is 6.07 Å². The molecule has 0 aromatic carbocycles. The number of anilines is 1. The molecule has 3 rings (SSSR count). The second-order valence-electron chi connectivity index (χ2n) is 8.41. The van der Waals surface area contributed by atoms with Gasteiger partial charge in [-0.25, -0.2) is 0 Å². The van der Waals surface area contributed by atoms with Gasteiger partial charge in [-0.2, -0.15) is 5.10 Å². The Labute approximate surface area is 154 Å². The Kier molecular flexibility index (Phi) is 4.90. The van der Waals surface area contributed by atoms with Crippen molar-refractivity contribution in [2.75, 3.05) is 11.9 Å². The molecule has 1 aliphatic carbocycles. The van der Waals surface area contributed by atoms with E-state index in [2.05, 4.69) is 31.2 Å². The molecule has 0 spiro atoms. The van der Waals surface area contributed by atoms with E-state index in [1.54, 1.807) is 11.7 Å². The van der Waals surface area contributed by atoms with E-state index in [1.807, 2.05) is 6.07 Å². The summed E-state index contributed by atoms with van der Waals surface area (Å²) < 4.78 is 1.64. The summed E-state index contributed by atoms with van der Waals surface area (Å²) in [6.45, 7) is 6.33. The Balaban J connectivity index is 1.59. The quantitative estimate of drug-likeness (QED) is 0.835. The van der Waals surface area contributed by atoms with Crippen LogP contribution in [0.4, 0.5) is 5.82 Å². The first kappa shape index (κ1) is 18.6. The van der Waals surface area contributed by atoms with E-state index < -0.39 is 0 Å². The van der Waals surface area contributed by atoms with Crippen molar-refractivity contribution in [2.45, 2.75) is 58.3 Å². The minimum atomic E-state index is -0.219. The molecular formula is C19H28N4O3. The van der Waals surface area contributed by atoms with Crippen LogP contribution in [-0.2, 0) is 26.8 Å². The number of likely N-dealkylation sites (tertiary alicyclic amines) is 1. The van der Waals surface area contributed by atoms with Gasteiger partial charge < -0.3 is 5.32 Å². The highest BCUT2D eigenvalue weighted by Gasteiger charge is 2.47. The fourth-order valence-corrected chi connectivity index (χ4v) is 3.82. The minimum Gasteiger partial charge on any atom is -0.311 e. The van der Waals surface area contributed by atoms with Gasteiger partial charge in [-0.15, -0.1) is 0 Å². The van der Waals surface area contributed by atoms with Crippen LogP contribution < -0.4 is 5.32 Å². The first-order chi connectivity index (χ1) is 12.2. The minimum absolute atomic E-state index is 0.0944. The van der Waals surface area contributed by atoms with Crippen molar-refractivity contribution in [1.82, 2.24) is 14.7 Å². The van der Waals surface area contributed by atoms with Crippen molar-refractivity contribution in [2.24, 2.45) is 18.9 Å². The number of rotatable bonds is 4. The summed E-state index contributed by atoms with van der Waals surface area (Å²) in [6.07, 6.45) is 3.70. The zero-order chi connectivity index (χ0) is 19.1. The summed E-state index contributed by atoms with van der Waals surface area (Å²) in [4.78, 5) is 38.5. The molecule has 142 valence electrons. The van der Waals surface area contributed by atoms with Gasteiger partial charge in [0.05, 0.1) is 17.5 Å². The van der Waals surface area contributed by atoms with Crippen LogP contribution in [0.25, 0.3) is 0 Å². The van der Waals surface area contributed by atoms with Crippen molar-refractivity contribution < 1.29 is 14.4 Å². The molecule has 1 aromatic rings. The zero-order valence-electron chi connectivity index (χ0n) is 16.0. The van der Waals surface area contributed by atoms with Gasteiger partial charge in [-0.3, -0.25) is 24.0 Å². The Morgan fingerprint density at radius 2 is 1.77 bits per heavy atom. The zero-order valence-corrected chi connectivity index (χ0v) is 16.0. The molecule has 1 saturated carbocycles. The van der Waals surface area contributed by atoms with Crippen LogP contribution in [0.2, 0.25) is 0 Å². The lowest BCUT2D eigenvalue weighted by Crippen LogP contribution is -2.34. The molecule has 0 unspecified atom stereocenters. The predicted octanol–water partition coefficient (Wildman–Crippen LogP) is 2.22. The van der Waals surface area contributed by atoms with E-state index in [1.165, 1.54) is 4.90 Å². The van der Waals surface area contributed by atoms with Gasteiger partial charge in [0.25, 0.3) is 0 Å². The first-order valence-electron chi connectivity index (χ1n) is 9.38. The first-order valence-corrected chi connectivity index (χ1v) is 9.38. The van der Waals surface area contributed by atoms with Crippen LogP contribution in [0.1, 0.15) is 58.6 Å². The van der Waals surface area contributed by atoms with Crippen molar-refractivity contribution in [3.05, 3.63) is 11.8 Å². The maximum absolute atomic E-state index is 12.4. The second kappa shape index (κ2) is 6.85. The van der Waals surface area contributed by atoms with Crippen molar-refractivity contribution in [3.8, 4) is 0 Å². The number of aryl methyl sites for hydroxylation is 1. The molecule has 1 saturated heterocycles. The Bertz CT molecular complexity index is 708. The smallest absolute Gasteiger partial charge is 0.233 e. The SMILES string of the molecule is Cn1nc(C(C)(C)C)cc1NC(=O)CCN1C(=O)[C@H]2CCCC[C@@H]2C1=O. The van der Waals surface area contributed by atoms with E-state index >= 15 is 0 Å². The topological polar surface area (TPSA) is 84.3 Å². The third-order valence-electron chi connectivity index (χ3n) is 5.41. The largest absolute Gasteiger partial charge is 0.311 e. The second-order valence-corrected chi connectivity index (χ2v) is 8.41. The van der Waals surface area contributed by atoms with Crippen molar-refractivity contribution in [1.29, 1.82) is 0 Å². The lowest BCUT2D eigenvalue weighted by molar-refractivity contribution is -0.140. The van der Waals surface area contributed by atoms with E-state index in [9.17, 15) is 14.4 Å². The predicted molar refractivity (Wildman–Crippen MR) is 97.3 cm³/mol. The molecule has 1 N–H and O–H groups in total. The maximum Gasteiger partial charge on any atom is 0.233 e. The maximum atomic E-state index is 12.4. The summed E-state index contributed by atoms with van der Waals surface area (Å²) >= 11 is 0. The summed E-state index contributed by atoms with van der Waals surface area (Å²) in [5, 5.41) is 7.26. The summed E-state index contributed by atoms with van der Waals surface area (Å²) in [5.74, 6) is -0.112. The number of carbonyl (C=O) groups excluding carboxylic acids is 3. The average molecular weight is 360 g/mol. The number of imide groups is 1. The average Bonchev–Trinajstić information content (AvgIpc) is 3.05. The number of aromatic nitrogens is 2. The molecule has 2 atom stereocenters. The fourth-order valence-electron chi connectivity index (χ4n) is 3.82. The summed E-state index contributed by atoms with van der Waals surface area (Å²) in [6, 6.07) is 1.86. The van der Waals surface area contributed by atoms with Gasteiger partial charge >= 0.3 is 0 Å². The van der Waals surface area contributed by atoms with Gasteiger partial charge in [0.1, 0.15) is 5.82 Å². The molecule has 0 bridgehead atoms. The normalized spacial score (nSPS) is 23.3. The monoisotopic (exact) mass is 360 g/mol. The molecule has 7 nitrogen and oxygen atoms in total. The highest BCUT2D eigenvalue weighted by atomic mass is 16.2. The van der Waals surface area contributed by atoms with Gasteiger partial charge in [0.2, 0.25) is 17.7 Å². The lowest BCUT2D eigenvalue weighted by Gasteiger charge is -2.19. The molecule has 2 aliphatic rings. The van der Waals surface area contributed by atoms with E-state index in [-0.39, 0.29) is 47.9 Å². The van der Waals surface area contributed by atoms with Gasteiger partial charge in [0.15, 0.2) is 0 Å². The van der Waals surface area contributed by atoms with Crippen LogP contribution in [0.3, 0.4) is 0 Å². The molecule has 1 aliphatic heterocycles. The van der Waals surface area contributed by atoms with Crippen LogP contribution in [0, 0.1) is 11.8 Å². The van der Waals surface area contributed by atoms with Crippen molar-refractivity contribution in [3.63, 3.8) is 0 Å². The third-order valence-corrected chi connectivity index (χ3v) is 5.41. The van der Waals surface area contributed by atoms with Crippen LogP contribution in [-0.4, -0.2) is 38.9 Å². The van der Waals surface area contributed by atoms with E-state index in [0.717, 1.165) is 31.4 Å². The van der Waals surface area contributed by atoms with E-state index in [0.29, 0.717) is 5.82 Å². The molecule has 2 fully saturated rings. The lowest BCUT2D eigenvalue weighted by atomic mass is 9.81. The Hall–Kier alpha value is -2.18. The van der Waals surface area contributed by atoms with E-state index in [4.69, 9.17) is 0 Å². The molecule has 26 heavy (non-hydrogen) atoms. The Morgan fingerprint density at radius 1 is 1.19 bits per heavy atom. The number of nitrogens with one attached hydrogen (secondary N) is 1. The molecule has 7 heteroatoms. The summed E-state index contributed by atoms with van der Waals surface area (Å²) in [7, 11) is 1.78. The Morgan fingerprint density at radius 3 is 2.27 bits per heavy atom. The van der Waals surface area contributed by atoms with Crippen LogP contribution >= 0.6 is 0 Å². The summed E-state index contributed by atoms with van der Waals surface area (Å²) in [5.41, 5.74) is 0.787. The van der Waals surface area contributed by atoms with Crippen molar-refractivity contribution >= 4 is 23.5 Å². The molecular weight excluding hydrogens is 332 g/mol. The number of hydrogen-bond donors (Lipinski definition) is 1. The highest BCUT2D eigenvalue weighted by molar-refractivity contribution is 6.05. The standard InChI is InChI=1S/C19H28N4O3/c1-19(2,3)14-11-15(22(4)21-14)20-16(24)9-10-23-17(25)12-7-5-6-8-13(12)18(23)26/h11-13H,5-10H2,1-4H3,(H,20,24)/t12-,13-/m0/s1. The molecule has 0 radical (unpaired) electrons. The molecule has 3 amide bonds. The van der Waals surface area contributed by atoms with Gasteiger partial charge in [-0.1, -0.05) is 33.6 Å². The van der Waals surface area contributed by atoms with Gasteiger partial charge in [-0.05, 0) is 12.8 Å². The number of hydrogen-bond acceptors (Lipinski definition) is 4. The van der Waals surface area contributed by atoms with Gasteiger partial charge in [0, 0.05) is 31.5 Å². The number of amides is 3. The highest BCUT2D eigenvalue weighted by Crippen LogP contribution is 2.38. The van der Waals surface area contributed by atoms with Crippen LogP contribution in [0.5, 0.6) is 0 Å². The fraction of sp³-hybridized carbons (Fsp3) is 0.684. The molecule has 2 heterocycles. The molecule has 1 aromatic heterocycles. The number of fused-ring (bicyclic) bond motifs is 1. The number of carbonyl (C=O) groups is 3. The number of nitrogens with zero attached hydrogens (tertiary/aromatic N) is 3. The third kappa shape index (κ3) is 3.52.